The maximum absolute atomic E-state index is 9.63. The van der Waals surface area contributed by atoms with Gasteiger partial charge in [0.2, 0.25) is 0 Å². The van der Waals surface area contributed by atoms with Crippen LogP contribution in [-0.4, -0.2) is 29.0 Å². The molecule has 186 valence electrons. The number of rotatable bonds is 23. The van der Waals surface area contributed by atoms with Crippen LogP contribution in [0.2, 0.25) is 0 Å². The minimum Gasteiger partial charge on any atom is -0.396 e. The Hall–Kier alpha value is -0.900. The van der Waals surface area contributed by atoms with Crippen molar-refractivity contribution < 1.29 is 10.2 Å². The first-order valence-corrected chi connectivity index (χ1v) is 13.8. The Morgan fingerprint density at radius 3 is 1.47 bits per heavy atom. The first kappa shape index (κ1) is 29.1. The lowest BCUT2D eigenvalue weighted by molar-refractivity contribution is 0.151. The van der Waals surface area contributed by atoms with E-state index in [1.807, 2.05) is 6.07 Å². The number of benzene rings is 1. The van der Waals surface area contributed by atoms with E-state index in [0.717, 1.165) is 13.0 Å². The zero-order valence-corrected chi connectivity index (χ0v) is 21.1. The van der Waals surface area contributed by atoms with Gasteiger partial charge < -0.3 is 15.5 Å². The van der Waals surface area contributed by atoms with Crippen LogP contribution in [0.15, 0.2) is 30.3 Å². The molecular formula is C29H53NO2. The van der Waals surface area contributed by atoms with E-state index in [2.05, 4.69) is 36.5 Å². The van der Waals surface area contributed by atoms with E-state index in [1.165, 1.54) is 102 Å². The molecule has 0 bridgehead atoms. The molecule has 0 saturated carbocycles. The monoisotopic (exact) mass is 447 g/mol. The lowest BCUT2D eigenvalue weighted by Gasteiger charge is -2.35. The predicted molar refractivity (Wildman–Crippen MR) is 139 cm³/mol. The first-order valence-electron chi connectivity index (χ1n) is 13.8. The molecule has 3 heteroatoms. The average Bonchev–Trinajstić information content (AvgIpc) is 2.81. The molecule has 1 rings (SSSR count). The summed E-state index contributed by atoms with van der Waals surface area (Å²) in [6.45, 7) is 3.41. The molecule has 0 aromatic heterocycles. The number of aliphatic hydroxyl groups excluding tert-OH is 2. The van der Waals surface area contributed by atoms with E-state index < -0.39 is 0 Å². The Kier molecular flexibility index (Phi) is 18.8. The first-order chi connectivity index (χ1) is 15.8. The predicted octanol–water partition coefficient (Wildman–Crippen LogP) is 7.54. The van der Waals surface area contributed by atoms with Crippen molar-refractivity contribution in [3.63, 3.8) is 0 Å². The molecular weight excluding hydrogens is 394 g/mol. The SMILES string of the molecule is CCCCCCCCCCCCCCCCCC(CCO)(CCO)NCc1ccccc1. The number of hydrogen-bond acceptors (Lipinski definition) is 3. The molecule has 0 aliphatic carbocycles. The Bertz CT molecular complexity index is 499. The van der Waals surface area contributed by atoms with Crippen molar-refractivity contribution in [1.29, 1.82) is 0 Å². The Morgan fingerprint density at radius 1 is 0.594 bits per heavy atom. The van der Waals surface area contributed by atoms with Crippen LogP contribution in [0.25, 0.3) is 0 Å². The van der Waals surface area contributed by atoms with E-state index in [0.29, 0.717) is 12.8 Å². The molecule has 0 amide bonds. The van der Waals surface area contributed by atoms with Crippen LogP contribution in [0.3, 0.4) is 0 Å². The molecule has 3 N–H and O–H groups in total. The van der Waals surface area contributed by atoms with E-state index >= 15 is 0 Å². The number of hydrogen-bond donors (Lipinski definition) is 3. The smallest absolute Gasteiger partial charge is 0.0448 e. The lowest BCUT2D eigenvalue weighted by atomic mass is 9.85. The quantitative estimate of drug-likeness (QED) is 0.152. The largest absolute Gasteiger partial charge is 0.396 e. The number of unbranched alkanes of at least 4 members (excludes halogenated alkanes) is 14. The Morgan fingerprint density at radius 2 is 1.03 bits per heavy atom. The van der Waals surface area contributed by atoms with Crippen LogP contribution >= 0.6 is 0 Å². The lowest BCUT2D eigenvalue weighted by Crippen LogP contribution is -2.46. The van der Waals surface area contributed by atoms with Crippen LogP contribution in [-0.2, 0) is 6.54 Å². The van der Waals surface area contributed by atoms with Crippen LogP contribution in [0.4, 0.5) is 0 Å². The highest BCUT2D eigenvalue weighted by Crippen LogP contribution is 2.24. The summed E-state index contributed by atoms with van der Waals surface area (Å²) < 4.78 is 0. The van der Waals surface area contributed by atoms with E-state index in [9.17, 15) is 10.2 Å². The van der Waals surface area contributed by atoms with Crippen molar-refractivity contribution in [2.24, 2.45) is 0 Å². The maximum atomic E-state index is 9.63. The van der Waals surface area contributed by atoms with E-state index in [-0.39, 0.29) is 18.8 Å². The second-order valence-electron chi connectivity index (χ2n) is 9.77. The fraction of sp³-hybridized carbons (Fsp3) is 0.793. The summed E-state index contributed by atoms with van der Waals surface area (Å²) in [5, 5.41) is 22.9. The summed E-state index contributed by atoms with van der Waals surface area (Å²) in [5.74, 6) is 0. The van der Waals surface area contributed by atoms with Gasteiger partial charge in [-0.25, -0.2) is 0 Å². The van der Waals surface area contributed by atoms with Crippen molar-refractivity contribution in [3.8, 4) is 0 Å². The molecule has 32 heavy (non-hydrogen) atoms. The zero-order chi connectivity index (χ0) is 23.2. The fourth-order valence-electron chi connectivity index (χ4n) is 4.79. The summed E-state index contributed by atoms with van der Waals surface area (Å²) in [6.07, 6.45) is 23.1. The number of aliphatic hydroxyl groups is 2. The molecule has 0 fully saturated rings. The topological polar surface area (TPSA) is 52.5 Å². The molecule has 0 radical (unpaired) electrons. The van der Waals surface area contributed by atoms with Gasteiger partial charge in [0.25, 0.3) is 0 Å². The van der Waals surface area contributed by atoms with Gasteiger partial charge in [-0.3, -0.25) is 0 Å². The molecule has 0 heterocycles. The van der Waals surface area contributed by atoms with Crippen LogP contribution in [0.1, 0.15) is 128 Å². The minimum atomic E-state index is -0.157. The van der Waals surface area contributed by atoms with Crippen molar-refractivity contribution in [1.82, 2.24) is 5.32 Å². The van der Waals surface area contributed by atoms with Crippen molar-refractivity contribution >= 4 is 0 Å². The fourth-order valence-corrected chi connectivity index (χ4v) is 4.79. The summed E-state index contributed by atoms with van der Waals surface area (Å²) in [4.78, 5) is 0. The van der Waals surface area contributed by atoms with Gasteiger partial charge in [-0.1, -0.05) is 134 Å². The summed E-state index contributed by atoms with van der Waals surface area (Å²) in [6, 6.07) is 10.4. The molecule has 3 nitrogen and oxygen atoms in total. The molecule has 1 aromatic rings. The van der Waals surface area contributed by atoms with Crippen molar-refractivity contribution in [2.75, 3.05) is 13.2 Å². The van der Waals surface area contributed by atoms with Gasteiger partial charge in [0.15, 0.2) is 0 Å². The third-order valence-electron chi connectivity index (χ3n) is 6.95. The number of nitrogens with one attached hydrogen (secondary N) is 1. The zero-order valence-electron chi connectivity index (χ0n) is 21.1. The van der Waals surface area contributed by atoms with Crippen LogP contribution < -0.4 is 5.32 Å². The summed E-state index contributed by atoms with van der Waals surface area (Å²) in [5.41, 5.74) is 1.10. The Balaban J connectivity index is 2.10. The second-order valence-corrected chi connectivity index (χ2v) is 9.77. The van der Waals surface area contributed by atoms with Gasteiger partial charge in [-0.15, -0.1) is 0 Å². The molecule has 0 aliphatic rings. The van der Waals surface area contributed by atoms with Gasteiger partial charge in [0.1, 0.15) is 0 Å². The minimum absolute atomic E-state index is 0.157. The molecule has 0 aliphatic heterocycles. The average molecular weight is 448 g/mol. The highest BCUT2D eigenvalue weighted by Gasteiger charge is 2.27. The molecule has 0 saturated heterocycles. The molecule has 0 unspecified atom stereocenters. The van der Waals surface area contributed by atoms with E-state index in [1.54, 1.807) is 0 Å². The highest BCUT2D eigenvalue weighted by atomic mass is 16.3. The van der Waals surface area contributed by atoms with Gasteiger partial charge in [-0.2, -0.15) is 0 Å². The van der Waals surface area contributed by atoms with E-state index in [4.69, 9.17) is 0 Å². The summed E-state index contributed by atoms with van der Waals surface area (Å²) >= 11 is 0. The normalized spacial score (nSPS) is 11.8. The second kappa shape index (κ2) is 20.7. The molecule has 1 aromatic carbocycles. The van der Waals surface area contributed by atoms with Crippen LogP contribution in [0, 0.1) is 0 Å². The van der Waals surface area contributed by atoms with Gasteiger partial charge in [0.05, 0.1) is 0 Å². The Labute approximate surface area is 199 Å². The molecule has 0 atom stereocenters. The third-order valence-corrected chi connectivity index (χ3v) is 6.95. The molecule has 0 spiro atoms. The van der Waals surface area contributed by atoms with Crippen molar-refractivity contribution in [3.05, 3.63) is 35.9 Å². The van der Waals surface area contributed by atoms with Crippen molar-refractivity contribution in [2.45, 2.75) is 135 Å². The van der Waals surface area contributed by atoms with Gasteiger partial charge in [-0.05, 0) is 24.8 Å². The van der Waals surface area contributed by atoms with Gasteiger partial charge >= 0.3 is 0 Å². The highest BCUT2D eigenvalue weighted by molar-refractivity contribution is 5.14. The van der Waals surface area contributed by atoms with Gasteiger partial charge in [0, 0.05) is 25.3 Å². The van der Waals surface area contributed by atoms with Crippen LogP contribution in [0.5, 0.6) is 0 Å². The third kappa shape index (κ3) is 15.0. The maximum Gasteiger partial charge on any atom is 0.0448 e. The standard InChI is InChI=1S/C29H53NO2/c1-2-3-4-5-6-7-8-9-10-11-12-13-14-15-19-22-29(23-25-31,24-26-32)30-27-28-20-17-16-18-21-28/h16-18,20-21,30-32H,2-15,19,22-27H2,1H3. The summed E-state index contributed by atoms with van der Waals surface area (Å²) in [7, 11) is 0.